The zero-order chi connectivity index (χ0) is 24.9. The first-order valence-corrected chi connectivity index (χ1v) is 11.3. The molecule has 0 aliphatic heterocycles. The number of hydrogen-bond donors (Lipinski definition) is 2. The number of methoxy groups -OCH3 is 2. The minimum absolute atomic E-state index is 0.141. The molecule has 0 aliphatic rings. The lowest BCUT2D eigenvalue weighted by atomic mass is 10.1. The van der Waals surface area contributed by atoms with Gasteiger partial charge in [0.25, 0.3) is 5.56 Å². The molecule has 0 spiro atoms. The molecule has 180 valence electrons. The smallest absolute Gasteiger partial charge is 0.256 e. The van der Waals surface area contributed by atoms with E-state index in [9.17, 15) is 9.59 Å². The molecule has 0 unspecified atom stereocenters. The van der Waals surface area contributed by atoms with Gasteiger partial charge >= 0.3 is 0 Å². The molecule has 3 aromatic carbocycles. The maximum absolute atomic E-state index is 13.5. The second-order valence-electron chi connectivity index (χ2n) is 8.41. The zero-order valence-corrected chi connectivity index (χ0v) is 20.3. The third-order valence-corrected chi connectivity index (χ3v) is 5.90. The predicted molar refractivity (Wildman–Crippen MR) is 140 cm³/mol. The fourth-order valence-electron chi connectivity index (χ4n) is 4.01. The Labute approximate surface area is 204 Å². The van der Waals surface area contributed by atoms with Gasteiger partial charge in [0.2, 0.25) is 5.91 Å². The Morgan fingerprint density at radius 1 is 0.914 bits per heavy atom. The molecule has 0 aliphatic carbocycles. The summed E-state index contributed by atoms with van der Waals surface area (Å²) < 4.78 is 12.4. The number of ether oxygens (including phenoxy) is 2. The summed E-state index contributed by atoms with van der Waals surface area (Å²) in [6.07, 6.45) is 0. The van der Waals surface area contributed by atoms with Crippen LogP contribution in [0.25, 0.3) is 10.9 Å². The number of rotatable bonds is 8. The molecule has 2 N–H and O–H groups in total. The van der Waals surface area contributed by atoms with E-state index in [1.807, 2.05) is 74.5 Å². The van der Waals surface area contributed by atoms with Crippen molar-refractivity contribution < 1.29 is 14.3 Å². The van der Waals surface area contributed by atoms with E-state index in [4.69, 9.17) is 9.47 Å². The van der Waals surface area contributed by atoms with E-state index in [1.165, 1.54) is 11.7 Å². The molecule has 4 aromatic rings. The van der Waals surface area contributed by atoms with E-state index >= 15 is 0 Å². The van der Waals surface area contributed by atoms with Gasteiger partial charge in [0.15, 0.2) is 11.5 Å². The highest BCUT2D eigenvalue weighted by Gasteiger charge is 2.16. The van der Waals surface area contributed by atoms with Crippen LogP contribution in [0.4, 0.5) is 11.4 Å². The lowest BCUT2D eigenvalue weighted by Crippen LogP contribution is -2.31. The van der Waals surface area contributed by atoms with Crippen LogP contribution in [0.2, 0.25) is 0 Å². The molecule has 1 aromatic heterocycles. The van der Waals surface area contributed by atoms with Gasteiger partial charge in [-0.1, -0.05) is 30.3 Å². The molecule has 1 amide bonds. The van der Waals surface area contributed by atoms with Gasteiger partial charge in [0.05, 0.1) is 19.7 Å². The number of pyridine rings is 1. The van der Waals surface area contributed by atoms with E-state index in [0.717, 1.165) is 27.9 Å². The fourth-order valence-corrected chi connectivity index (χ4v) is 4.01. The second kappa shape index (κ2) is 10.3. The number of nitrogens with one attached hydrogen (secondary N) is 2. The third-order valence-electron chi connectivity index (χ3n) is 5.90. The Bertz CT molecular complexity index is 1430. The minimum atomic E-state index is -0.287. The van der Waals surface area contributed by atoms with Crippen molar-refractivity contribution in [3.8, 4) is 11.5 Å². The van der Waals surface area contributed by atoms with E-state index in [0.29, 0.717) is 29.1 Å². The first-order chi connectivity index (χ1) is 16.9. The van der Waals surface area contributed by atoms with Crippen LogP contribution >= 0.6 is 0 Å². The van der Waals surface area contributed by atoms with E-state index in [2.05, 4.69) is 10.6 Å². The summed E-state index contributed by atoms with van der Waals surface area (Å²) in [6.45, 7) is 4.07. The number of carbonyl (C=O) groups is 1. The highest BCUT2D eigenvalue weighted by Crippen LogP contribution is 2.32. The normalized spacial score (nSPS) is 10.7. The molecule has 1 heterocycles. The molecule has 35 heavy (non-hydrogen) atoms. The van der Waals surface area contributed by atoms with Gasteiger partial charge in [-0.05, 0) is 55.3 Å². The van der Waals surface area contributed by atoms with Crippen molar-refractivity contribution in [2.45, 2.75) is 26.9 Å². The lowest BCUT2D eigenvalue weighted by molar-refractivity contribution is -0.116. The van der Waals surface area contributed by atoms with Crippen LogP contribution in [-0.2, 0) is 17.9 Å². The maximum atomic E-state index is 13.5. The van der Waals surface area contributed by atoms with Gasteiger partial charge < -0.3 is 20.1 Å². The predicted octanol–water partition coefficient (Wildman–Crippen LogP) is 4.89. The third kappa shape index (κ3) is 5.30. The summed E-state index contributed by atoms with van der Waals surface area (Å²) in [5.74, 6) is 0.746. The quantitative estimate of drug-likeness (QED) is 0.383. The highest BCUT2D eigenvalue weighted by molar-refractivity contribution is 5.93. The van der Waals surface area contributed by atoms with Crippen molar-refractivity contribution in [1.29, 1.82) is 0 Å². The van der Waals surface area contributed by atoms with Crippen LogP contribution in [0.1, 0.15) is 16.7 Å². The number of fused-ring (bicyclic) bond motifs is 1. The average molecular weight is 472 g/mol. The SMILES string of the molecule is COc1cc2cc(CNc3ccccc3)c(=O)n(CC(=O)Nc3cc(C)ccc3C)c2cc1OC. The minimum Gasteiger partial charge on any atom is -0.493 e. The number of anilines is 2. The van der Waals surface area contributed by atoms with Crippen molar-refractivity contribution in [2.24, 2.45) is 0 Å². The molecular formula is C28H29N3O4. The molecule has 0 saturated carbocycles. The Morgan fingerprint density at radius 3 is 2.34 bits per heavy atom. The number of aromatic nitrogens is 1. The van der Waals surface area contributed by atoms with Gasteiger partial charge in [-0.2, -0.15) is 0 Å². The average Bonchev–Trinajstić information content (AvgIpc) is 2.86. The number of amides is 1. The van der Waals surface area contributed by atoms with E-state index in [-0.39, 0.29) is 18.0 Å². The van der Waals surface area contributed by atoms with Crippen molar-refractivity contribution in [3.63, 3.8) is 0 Å². The zero-order valence-electron chi connectivity index (χ0n) is 20.3. The number of benzene rings is 3. The summed E-state index contributed by atoms with van der Waals surface area (Å²) in [6, 6.07) is 20.9. The standard InChI is InChI=1S/C28H29N3O4/c1-18-10-11-19(2)23(12-18)30-27(32)17-31-24-15-26(35-4)25(34-3)14-20(24)13-21(28(31)33)16-29-22-8-6-5-7-9-22/h5-15,29H,16-17H2,1-4H3,(H,30,32). The largest absolute Gasteiger partial charge is 0.493 e. The molecule has 0 radical (unpaired) electrons. The Morgan fingerprint density at radius 2 is 1.63 bits per heavy atom. The van der Waals surface area contributed by atoms with Crippen molar-refractivity contribution in [1.82, 2.24) is 4.57 Å². The van der Waals surface area contributed by atoms with E-state index in [1.54, 1.807) is 13.2 Å². The second-order valence-corrected chi connectivity index (χ2v) is 8.41. The van der Waals surface area contributed by atoms with Gasteiger partial charge in [0, 0.05) is 34.9 Å². The molecule has 0 atom stereocenters. The van der Waals surface area contributed by atoms with E-state index < -0.39 is 0 Å². The molecular weight excluding hydrogens is 442 g/mol. The first-order valence-electron chi connectivity index (χ1n) is 11.3. The van der Waals surface area contributed by atoms with Gasteiger partial charge in [-0.3, -0.25) is 14.2 Å². The summed E-state index contributed by atoms with van der Waals surface area (Å²) >= 11 is 0. The van der Waals surface area contributed by atoms with Crippen LogP contribution in [0.5, 0.6) is 11.5 Å². The molecule has 0 saturated heterocycles. The summed E-state index contributed by atoms with van der Waals surface area (Å²) in [5.41, 5.74) is 4.50. The Kier molecular flexibility index (Phi) is 7.06. The maximum Gasteiger partial charge on any atom is 0.256 e. The van der Waals surface area contributed by atoms with Crippen molar-refractivity contribution in [2.75, 3.05) is 24.9 Å². The lowest BCUT2D eigenvalue weighted by Gasteiger charge is -2.17. The number of hydrogen-bond acceptors (Lipinski definition) is 5. The van der Waals surface area contributed by atoms with Crippen molar-refractivity contribution in [3.05, 3.63) is 93.8 Å². The van der Waals surface area contributed by atoms with Gasteiger partial charge in [0.1, 0.15) is 6.54 Å². The van der Waals surface area contributed by atoms with Gasteiger partial charge in [-0.15, -0.1) is 0 Å². The molecule has 4 rings (SSSR count). The Hall–Kier alpha value is -4.26. The van der Waals surface area contributed by atoms with Crippen LogP contribution in [0, 0.1) is 13.8 Å². The Balaban J connectivity index is 1.74. The van der Waals surface area contributed by atoms with Crippen molar-refractivity contribution >= 4 is 28.2 Å². The van der Waals surface area contributed by atoms with Crippen LogP contribution in [0.3, 0.4) is 0 Å². The highest BCUT2D eigenvalue weighted by atomic mass is 16.5. The van der Waals surface area contributed by atoms with Gasteiger partial charge in [-0.25, -0.2) is 0 Å². The molecule has 0 bridgehead atoms. The summed E-state index contributed by atoms with van der Waals surface area (Å²) in [4.78, 5) is 26.6. The number of carbonyl (C=O) groups excluding carboxylic acids is 1. The monoisotopic (exact) mass is 471 g/mol. The number of aryl methyl sites for hydroxylation is 2. The number of nitrogens with zero attached hydrogens (tertiary/aromatic N) is 1. The molecule has 0 fully saturated rings. The summed E-state index contributed by atoms with van der Waals surface area (Å²) in [7, 11) is 3.10. The fraction of sp³-hybridized carbons (Fsp3) is 0.214. The molecule has 7 heteroatoms. The van der Waals surface area contributed by atoms with Crippen LogP contribution < -0.4 is 25.7 Å². The van der Waals surface area contributed by atoms with Crippen LogP contribution in [-0.4, -0.2) is 24.7 Å². The summed E-state index contributed by atoms with van der Waals surface area (Å²) in [5, 5.41) is 7.00. The molecule has 7 nitrogen and oxygen atoms in total. The number of para-hydroxylation sites is 1. The first kappa shape index (κ1) is 23.9. The topological polar surface area (TPSA) is 81.6 Å². The van der Waals surface area contributed by atoms with Crippen LogP contribution in [0.15, 0.2) is 71.5 Å².